The summed E-state index contributed by atoms with van der Waals surface area (Å²) >= 11 is 0. The number of hydrogen-bond donors (Lipinski definition) is 0. The summed E-state index contributed by atoms with van der Waals surface area (Å²) in [5.74, 6) is -0.152. The van der Waals surface area contributed by atoms with Gasteiger partial charge in [-0.05, 0) is 32.4 Å². The molecule has 1 heterocycles. The van der Waals surface area contributed by atoms with Crippen LogP contribution in [0.4, 0.5) is 10.5 Å². The zero-order valence-corrected chi connectivity index (χ0v) is 13.4. The number of sulfone groups is 1. The van der Waals surface area contributed by atoms with Crippen LogP contribution in [-0.2, 0) is 14.6 Å². The second kappa shape index (κ2) is 6.48. The molecule has 0 radical (unpaired) electrons. The van der Waals surface area contributed by atoms with E-state index in [0.717, 1.165) is 0 Å². The lowest BCUT2D eigenvalue weighted by Crippen LogP contribution is -2.41. The Hall–Kier alpha value is -1.89. The number of ether oxygens (including phenoxy) is 1. The van der Waals surface area contributed by atoms with Gasteiger partial charge in [-0.1, -0.05) is 12.1 Å². The summed E-state index contributed by atoms with van der Waals surface area (Å²) in [5.41, 5.74) is 0.945. The molecule has 0 bridgehead atoms. The van der Waals surface area contributed by atoms with Crippen molar-refractivity contribution >= 4 is 27.4 Å². The molecule has 0 aliphatic carbocycles. The lowest BCUT2D eigenvalue weighted by molar-refractivity contribution is 0.101. The summed E-state index contributed by atoms with van der Waals surface area (Å²) in [6.07, 6.45) is -0.226. The summed E-state index contributed by atoms with van der Waals surface area (Å²) in [6.45, 7) is 3.32. The number of Topliss-reactive ketones (excluding diaryl/α,β-unsaturated/α-hetero) is 1. The number of amides is 1. The number of hydrogen-bond acceptors (Lipinski definition) is 5. The number of benzene rings is 1. The number of anilines is 1. The van der Waals surface area contributed by atoms with E-state index in [2.05, 4.69) is 0 Å². The molecule has 0 saturated carbocycles. The third-order valence-electron chi connectivity index (χ3n) is 3.57. The molecule has 1 unspecified atom stereocenters. The largest absolute Gasteiger partial charge is 0.449 e. The van der Waals surface area contributed by atoms with Crippen molar-refractivity contribution in [3.8, 4) is 0 Å². The minimum absolute atomic E-state index is 0.0555. The van der Waals surface area contributed by atoms with Gasteiger partial charge in [-0.3, -0.25) is 9.69 Å². The van der Waals surface area contributed by atoms with Gasteiger partial charge in [-0.2, -0.15) is 0 Å². The van der Waals surface area contributed by atoms with Gasteiger partial charge >= 0.3 is 6.09 Å². The molecule has 7 heteroatoms. The van der Waals surface area contributed by atoms with Gasteiger partial charge < -0.3 is 4.74 Å². The maximum atomic E-state index is 12.2. The lowest BCUT2D eigenvalue weighted by atomic mass is 10.1. The molecule has 22 heavy (non-hydrogen) atoms. The molecule has 0 N–H and O–H groups in total. The average Bonchev–Trinajstić information content (AvgIpc) is 2.79. The van der Waals surface area contributed by atoms with Crippen LogP contribution in [0.3, 0.4) is 0 Å². The SMILES string of the molecule is CCOC(=O)N(c1cccc(C(C)=O)c1)C1CCS(=O)(=O)C1. The second-order valence-corrected chi connectivity index (χ2v) is 7.46. The van der Waals surface area contributed by atoms with E-state index in [4.69, 9.17) is 4.74 Å². The third kappa shape index (κ3) is 3.65. The van der Waals surface area contributed by atoms with Crippen molar-refractivity contribution in [2.24, 2.45) is 0 Å². The highest BCUT2D eigenvalue weighted by Gasteiger charge is 2.36. The minimum atomic E-state index is -3.14. The van der Waals surface area contributed by atoms with Crippen molar-refractivity contribution in [3.05, 3.63) is 29.8 Å². The van der Waals surface area contributed by atoms with Gasteiger partial charge in [-0.25, -0.2) is 13.2 Å². The maximum Gasteiger partial charge on any atom is 0.414 e. The molecule has 1 atom stereocenters. The zero-order chi connectivity index (χ0) is 16.3. The number of rotatable bonds is 4. The van der Waals surface area contributed by atoms with Crippen LogP contribution in [0.2, 0.25) is 0 Å². The molecule has 1 aliphatic rings. The second-order valence-electron chi connectivity index (χ2n) is 5.23. The van der Waals surface area contributed by atoms with Crippen molar-refractivity contribution in [2.45, 2.75) is 26.3 Å². The topological polar surface area (TPSA) is 80.8 Å². The first-order valence-electron chi connectivity index (χ1n) is 7.11. The Labute approximate surface area is 130 Å². The molecule has 1 fully saturated rings. The first-order valence-corrected chi connectivity index (χ1v) is 8.93. The average molecular weight is 325 g/mol. The molecule has 6 nitrogen and oxygen atoms in total. The van der Waals surface area contributed by atoms with E-state index >= 15 is 0 Å². The van der Waals surface area contributed by atoms with Crippen LogP contribution in [0.25, 0.3) is 0 Å². The van der Waals surface area contributed by atoms with E-state index in [1.54, 1.807) is 31.2 Å². The molecule has 1 amide bonds. The molecule has 120 valence electrons. The summed E-state index contributed by atoms with van der Waals surface area (Å²) in [7, 11) is -3.14. The molecule has 0 aromatic heterocycles. The molecule has 1 aliphatic heterocycles. The van der Waals surface area contributed by atoms with Crippen molar-refractivity contribution < 1.29 is 22.7 Å². The Morgan fingerprint density at radius 2 is 2.09 bits per heavy atom. The molecular formula is C15H19NO5S. The summed E-state index contributed by atoms with van der Waals surface area (Å²) < 4.78 is 28.4. The van der Waals surface area contributed by atoms with Gasteiger partial charge in [0.1, 0.15) is 0 Å². The molecular weight excluding hydrogens is 306 g/mol. The van der Waals surface area contributed by atoms with Crippen LogP contribution in [0.1, 0.15) is 30.6 Å². The molecule has 0 spiro atoms. The Bertz CT molecular complexity index is 683. The van der Waals surface area contributed by atoms with Crippen LogP contribution < -0.4 is 4.90 Å². The highest BCUT2D eigenvalue weighted by atomic mass is 32.2. The zero-order valence-electron chi connectivity index (χ0n) is 12.6. The van der Waals surface area contributed by atoms with Crippen LogP contribution >= 0.6 is 0 Å². The standard InChI is InChI=1S/C15H19NO5S/c1-3-21-15(18)16(14-7-8-22(19,20)10-14)13-6-4-5-12(9-13)11(2)17/h4-6,9,14H,3,7-8,10H2,1-2H3. The fourth-order valence-corrected chi connectivity index (χ4v) is 4.21. The van der Waals surface area contributed by atoms with E-state index in [9.17, 15) is 18.0 Å². The van der Waals surface area contributed by atoms with Crippen molar-refractivity contribution in [3.63, 3.8) is 0 Å². The number of ketones is 1. The van der Waals surface area contributed by atoms with Crippen LogP contribution in [0, 0.1) is 0 Å². The Kier molecular flexibility index (Phi) is 4.85. The Morgan fingerprint density at radius 1 is 1.36 bits per heavy atom. The highest BCUT2D eigenvalue weighted by Crippen LogP contribution is 2.26. The smallest absolute Gasteiger partial charge is 0.414 e. The number of carbonyl (C=O) groups is 2. The van der Waals surface area contributed by atoms with Crippen LogP contribution in [0.15, 0.2) is 24.3 Å². The van der Waals surface area contributed by atoms with Gasteiger partial charge in [0.25, 0.3) is 0 Å². The van der Waals surface area contributed by atoms with Gasteiger partial charge in [0.15, 0.2) is 15.6 Å². The predicted octanol–water partition coefficient (Wildman–Crippen LogP) is 2.04. The first kappa shape index (κ1) is 16.5. The van der Waals surface area contributed by atoms with E-state index < -0.39 is 22.0 Å². The van der Waals surface area contributed by atoms with Gasteiger partial charge in [0.05, 0.1) is 24.2 Å². The van der Waals surface area contributed by atoms with Crippen molar-refractivity contribution in [1.82, 2.24) is 0 Å². The summed E-state index contributed by atoms with van der Waals surface area (Å²) in [6, 6.07) is 6.12. The Morgan fingerprint density at radius 3 is 2.64 bits per heavy atom. The van der Waals surface area contributed by atoms with Gasteiger partial charge in [-0.15, -0.1) is 0 Å². The predicted molar refractivity (Wildman–Crippen MR) is 83.0 cm³/mol. The monoisotopic (exact) mass is 325 g/mol. The quantitative estimate of drug-likeness (QED) is 0.791. The lowest BCUT2D eigenvalue weighted by Gasteiger charge is -2.27. The number of nitrogens with zero attached hydrogens (tertiary/aromatic N) is 1. The molecule has 1 saturated heterocycles. The fraction of sp³-hybridized carbons (Fsp3) is 0.467. The van der Waals surface area contributed by atoms with Crippen LogP contribution in [0.5, 0.6) is 0 Å². The minimum Gasteiger partial charge on any atom is -0.449 e. The van der Waals surface area contributed by atoms with Gasteiger partial charge in [0, 0.05) is 11.3 Å². The molecule has 1 aromatic rings. The normalized spacial score (nSPS) is 19.6. The fourth-order valence-electron chi connectivity index (χ4n) is 2.51. The Balaban J connectivity index is 2.38. The van der Waals surface area contributed by atoms with Crippen molar-refractivity contribution in [2.75, 3.05) is 23.0 Å². The number of carbonyl (C=O) groups excluding carboxylic acids is 2. The van der Waals surface area contributed by atoms with Gasteiger partial charge in [0.2, 0.25) is 0 Å². The van der Waals surface area contributed by atoms with Crippen molar-refractivity contribution in [1.29, 1.82) is 0 Å². The highest BCUT2D eigenvalue weighted by molar-refractivity contribution is 7.91. The van der Waals surface area contributed by atoms with E-state index in [-0.39, 0.29) is 23.9 Å². The summed E-state index contributed by atoms with van der Waals surface area (Å²) in [4.78, 5) is 25.1. The third-order valence-corrected chi connectivity index (χ3v) is 5.32. The first-order chi connectivity index (χ1) is 10.3. The summed E-state index contributed by atoms with van der Waals surface area (Å²) in [5, 5.41) is 0. The van der Waals surface area contributed by atoms with E-state index in [0.29, 0.717) is 17.7 Å². The molecule has 2 rings (SSSR count). The van der Waals surface area contributed by atoms with E-state index in [1.165, 1.54) is 11.8 Å². The maximum absolute atomic E-state index is 12.2. The van der Waals surface area contributed by atoms with E-state index in [1.807, 2.05) is 0 Å². The van der Waals surface area contributed by atoms with Crippen LogP contribution in [-0.4, -0.2) is 44.4 Å². The molecule has 1 aromatic carbocycles.